The van der Waals surface area contributed by atoms with Crippen LogP contribution in [0.4, 0.5) is 4.79 Å². The summed E-state index contributed by atoms with van der Waals surface area (Å²) in [5, 5.41) is 0. The minimum absolute atomic E-state index is 0.0203. The third-order valence-corrected chi connectivity index (χ3v) is 4.03. The average molecular weight is 311 g/mol. The Morgan fingerprint density at radius 2 is 1.90 bits per heavy atom. The fourth-order valence-corrected chi connectivity index (χ4v) is 2.66. The van der Waals surface area contributed by atoms with E-state index in [4.69, 9.17) is 4.74 Å². The van der Waals surface area contributed by atoms with Crippen LogP contribution in [0.2, 0.25) is 0 Å². The number of carbonyl (C=O) groups is 2. The Bertz CT molecular complexity index is 715. The van der Waals surface area contributed by atoms with Gasteiger partial charge in [0.15, 0.2) is 9.84 Å². The second kappa shape index (κ2) is 4.84. The van der Waals surface area contributed by atoms with E-state index in [-0.39, 0.29) is 11.4 Å². The van der Waals surface area contributed by atoms with Gasteiger partial charge in [0.25, 0.3) is 5.91 Å². The number of sulfone groups is 1. The number of benzene rings is 1. The van der Waals surface area contributed by atoms with Crippen LogP contribution in [0.25, 0.3) is 0 Å². The first-order valence-corrected chi connectivity index (χ1v) is 8.26. The number of ether oxygens (including phenoxy) is 1. The molecule has 114 valence electrons. The maximum atomic E-state index is 12.2. The van der Waals surface area contributed by atoms with Gasteiger partial charge in [0.05, 0.1) is 11.4 Å². The van der Waals surface area contributed by atoms with Gasteiger partial charge in [-0.1, -0.05) is 0 Å². The Morgan fingerprint density at radius 1 is 1.29 bits per heavy atom. The van der Waals surface area contributed by atoms with Gasteiger partial charge >= 0.3 is 6.09 Å². The van der Waals surface area contributed by atoms with Crippen molar-refractivity contribution in [2.75, 3.05) is 6.26 Å². The molecule has 2 rings (SSSR count). The number of rotatable bonds is 1. The summed E-state index contributed by atoms with van der Waals surface area (Å²) in [7, 11) is -3.35. The molecule has 1 aliphatic rings. The molecule has 7 heteroatoms. The molecular weight excluding hydrogens is 294 g/mol. The van der Waals surface area contributed by atoms with Gasteiger partial charge in [0.2, 0.25) is 0 Å². The molecule has 0 unspecified atom stereocenters. The quantitative estimate of drug-likeness (QED) is 0.792. The Morgan fingerprint density at radius 3 is 2.43 bits per heavy atom. The SMILES string of the molecule is CC(C)(C)OC(=O)N1Cc2cc(S(C)(=O)=O)ccc2C1=O. The molecule has 1 aromatic carbocycles. The molecule has 0 bridgehead atoms. The van der Waals surface area contributed by atoms with Crippen molar-refractivity contribution in [2.45, 2.75) is 37.8 Å². The predicted molar refractivity (Wildman–Crippen MR) is 75.7 cm³/mol. The third kappa shape index (κ3) is 3.24. The van der Waals surface area contributed by atoms with Crippen LogP contribution in [0.15, 0.2) is 23.1 Å². The molecule has 2 amide bonds. The molecule has 1 heterocycles. The van der Waals surface area contributed by atoms with Crippen molar-refractivity contribution in [2.24, 2.45) is 0 Å². The van der Waals surface area contributed by atoms with Crippen LogP contribution in [0.5, 0.6) is 0 Å². The van der Waals surface area contributed by atoms with Crippen LogP contribution in [0, 0.1) is 0 Å². The van der Waals surface area contributed by atoms with E-state index >= 15 is 0 Å². The summed E-state index contributed by atoms with van der Waals surface area (Å²) in [6.45, 7) is 5.15. The third-order valence-electron chi connectivity index (χ3n) is 2.92. The van der Waals surface area contributed by atoms with Gasteiger partial charge in [-0.3, -0.25) is 4.79 Å². The molecular formula is C14H17NO5S. The van der Waals surface area contributed by atoms with Crippen molar-refractivity contribution in [1.29, 1.82) is 0 Å². The predicted octanol–water partition coefficient (Wildman–Crippen LogP) is 1.98. The number of hydrogen-bond donors (Lipinski definition) is 0. The maximum absolute atomic E-state index is 12.2. The standard InChI is InChI=1S/C14H17NO5S/c1-14(2,3)20-13(17)15-8-9-7-10(21(4,18)19)5-6-11(9)12(15)16/h5-7H,8H2,1-4H3. The van der Waals surface area contributed by atoms with Crippen LogP contribution in [0.3, 0.4) is 0 Å². The highest BCUT2D eigenvalue weighted by Crippen LogP contribution is 2.27. The van der Waals surface area contributed by atoms with Gasteiger partial charge < -0.3 is 4.74 Å². The maximum Gasteiger partial charge on any atom is 0.417 e. The van der Waals surface area contributed by atoms with Gasteiger partial charge in [-0.05, 0) is 44.5 Å². The summed E-state index contributed by atoms with van der Waals surface area (Å²) < 4.78 is 28.2. The molecule has 0 aromatic heterocycles. The topological polar surface area (TPSA) is 80.8 Å². The van der Waals surface area contributed by atoms with Gasteiger partial charge in [-0.15, -0.1) is 0 Å². The molecule has 0 spiro atoms. The highest BCUT2D eigenvalue weighted by molar-refractivity contribution is 7.90. The summed E-state index contributed by atoms with van der Waals surface area (Å²) in [4.78, 5) is 25.2. The van der Waals surface area contributed by atoms with Crippen molar-refractivity contribution >= 4 is 21.8 Å². The first-order valence-electron chi connectivity index (χ1n) is 6.37. The first kappa shape index (κ1) is 15.5. The van der Waals surface area contributed by atoms with Crippen molar-refractivity contribution in [3.63, 3.8) is 0 Å². The van der Waals surface area contributed by atoms with Gasteiger partial charge in [-0.25, -0.2) is 18.1 Å². The van der Waals surface area contributed by atoms with Crippen molar-refractivity contribution in [1.82, 2.24) is 4.90 Å². The molecule has 6 nitrogen and oxygen atoms in total. The van der Waals surface area contributed by atoms with E-state index < -0.39 is 27.4 Å². The Labute approximate surface area is 123 Å². The van der Waals surface area contributed by atoms with E-state index in [0.717, 1.165) is 11.2 Å². The van der Waals surface area contributed by atoms with Crippen molar-refractivity contribution in [3.05, 3.63) is 29.3 Å². The number of nitrogens with zero attached hydrogens (tertiary/aromatic N) is 1. The number of carbonyl (C=O) groups excluding carboxylic acids is 2. The Balaban J connectivity index is 2.30. The number of fused-ring (bicyclic) bond motifs is 1. The van der Waals surface area contributed by atoms with Gasteiger partial charge in [0.1, 0.15) is 5.60 Å². The molecule has 0 saturated carbocycles. The molecule has 0 saturated heterocycles. The van der Waals surface area contributed by atoms with Crippen LogP contribution < -0.4 is 0 Å². The zero-order chi connectivity index (χ0) is 16.0. The molecule has 0 atom stereocenters. The lowest BCUT2D eigenvalue weighted by atomic mass is 10.1. The lowest BCUT2D eigenvalue weighted by Gasteiger charge is -2.23. The fourth-order valence-electron chi connectivity index (χ4n) is 1.99. The average Bonchev–Trinajstić information content (AvgIpc) is 2.63. The van der Waals surface area contributed by atoms with Crippen LogP contribution in [0.1, 0.15) is 36.7 Å². The molecule has 1 aromatic rings. The Kier molecular flexibility index (Phi) is 3.57. The molecule has 0 fully saturated rings. The summed E-state index contributed by atoms with van der Waals surface area (Å²) in [5.41, 5.74) is 0.131. The monoisotopic (exact) mass is 311 g/mol. The molecule has 0 radical (unpaired) electrons. The summed E-state index contributed by atoms with van der Waals surface area (Å²) in [6.07, 6.45) is 0.363. The lowest BCUT2D eigenvalue weighted by molar-refractivity contribution is 0.0248. The van der Waals surface area contributed by atoms with Crippen molar-refractivity contribution in [3.8, 4) is 0 Å². The molecule has 0 N–H and O–H groups in total. The highest BCUT2D eigenvalue weighted by atomic mass is 32.2. The van der Waals surface area contributed by atoms with Gasteiger partial charge in [-0.2, -0.15) is 0 Å². The van der Waals surface area contributed by atoms with E-state index in [0.29, 0.717) is 11.1 Å². The molecule has 1 aliphatic heterocycles. The summed E-state index contributed by atoms with van der Waals surface area (Å²) >= 11 is 0. The van der Waals surface area contributed by atoms with Crippen LogP contribution in [-0.2, 0) is 21.1 Å². The minimum atomic E-state index is -3.35. The first-order chi connectivity index (χ1) is 9.49. The largest absolute Gasteiger partial charge is 0.443 e. The van der Waals surface area contributed by atoms with E-state index in [9.17, 15) is 18.0 Å². The van der Waals surface area contributed by atoms with Gasteiger partial charge in [0, 0.05) is 11.8 Å². The lowest BCUT2D eigenvalue weighted by Crippen LogP contribution is -2.36. The van der Waals surface area contributed by atoms with Crippen molar-refractivity contribution < 1.29 is 22.7 Å². The van der Waals surface area contributed by atoms with E-state index in [1.807, 2.05) is 0 Å². The zero-order valence-electron chi connectivity index (χ0n) is 12.3. The number of hydrogen-bond acceptors (Lipinski definition) is 5. The van der Waals surface area contributed by atoms with E-state index in [2.05, 4.69) is 0 Å². The number of amides is 2. The summed E-state index contributed by atoms with van der Waals surface area (Å²) in [6, 6.07) is 4.22. The second-order valence-electron chi connectivity index (χ2n) is 5.96. The zero-order valence-corrected chi connectivity index (χ0v) is 13.2. The smallest absolute Gasteiger partial charge is 0.417 e. The van der Waals surface area contributed by atoms with Crippen LogP contribution >= 0.6 is 0 Å². The molecule has 21 heavy (non-hydrogen) atoms. The highest BCUT2D eigenvalue weighted by Gasteiger charge is 2.35. The summed E-state index contributed by atoms with van der Waals surface area (Å²) in [5.74, 6) is -0.473. The number of imide groups is 1. The Hall–Kier alpha value is -1.89. The minimum Gasteiger partial charge on any atom is -0.443 e. The normalized spacial score (nSPS) is 15.0. The van der Waals surface area contributed by atoms with Crippen LogP contribution in [-0.4, -0.2) is 37.2 Å². The molecule has 0 aliphatic carbocycles. The van der Waals surface area contributed by atoms with E-state index in [1.54, 1.807) is 20.8 Å². The fraction of sp³-hybridized carbons (Fsp3) is 0.429. The van der Waals surface area contributed by atoms with E-state index in [1.165, 1.54) is 18.2 Å². The second-order valence-corrected chi connectivity index (χ2v) is 7.98.